The Hall–Kier alpha value is -3.22. The largest absolute Gasteiger partial charge is 0.357 e. The van der Waals surface area contributed by atoms with Crippen molar-refractivity contribution in [1.29, 1.82) is 0 Å². The van der Waals surface area contributed by atoms with Gasteiger partial charge >= 0.3 is 0 Å². The normalized spacial score (nSPS) is 13.7. The van der Waals surface area contributed by atoms with Gasteiger partial charge in [-0.25, -0.2) is 9.37 Å². The molecular weight excluding hydrogens is 347 g/mol. The summed E-state index contributed by atoms with van der Waals surface area (Å²) in [4.78, 5) is 30.3. The third-order valence-corrected chi connectivity index (χ3v) is 4.20. The molecule has 2 N–H and O–H groups in total. The van der Waals surface area contributed by atoms with Gasteiger partial charge in [-0.1, -0.05) is 0 Å². The number of aromatic nitrogens is 1. The average Bonchev–Trinajstić information content (AvgIpc) is 3.22. The quantitative estimate of drug-likeness (QED) is 0.769. The van der Waals surface area contributed by atoms with E-state index in [-0.39, 0.29) is 11.7 Å². The standard InChI is InChI=1S/C20H21FN4O2/c21-16-3-5-17(6-4-16)24-20(27)8-7-19(26)23-14-15-9-10-22-18(13-15)25-11-1-2-12-25/h3-10,13H,1-2,11-12,14H2,(H,23,26)(H,24,27). The Morgan fingerprint density at radius 3 is 2.52 bits per heavy atom. The molecule has 0 spiro atoms. The van der Waals surface area contributed by atoms with Gasteiger partial charge in [0.05, 0.1) is 0 Å². The fraction of sp³-hybridized carbons (Fsp3) is 0.250. The van der Waals surface area contributed by atoms with Gasteiger partial charge in [-0.3, -0.25) is 9.59 Å². The number of hydrogen-bond donors (Lipinski definition) is 2. The van der Waals surface area contributed by atoms with E-state index in [0.29, 0.717) is 12.2 Å². The van der Waals surface area contributed by atoms with Crippen LogP contribution < -0.4 is 15.5 Å². The number of pyridine rings is 1. The monoisotopic (exact) mass is 368 g/mol. The minimum Gasteiger partial charge on any atom is -0.357 e. The van der Waals surface area contributed by atoms with Gasteiger partial charge < -0.3 is 15.5 Å². The van der Waals surface area contributed by atoms with Crippen LogP contribution in [0.15, 0.2) is 54.7 Å². The van der Waals surface area contributed by atoms with E-state index in [0.717, 1.165) is 30.5 Å². The van der Waals surface area contributed by atoms with E-state index in [1.54, 1.807) is 6.20 Å². The number of amides is 2. The van der Waals surface area contributed by atoms with Crippen molar-refractivity contribution < 1.29 is 14.0 Å². The van der Waals surface area contributed by atoms with E-state index in [9.17, 15) is 14.0 Å². The van der Waals surface area contributed by atoms with E-state index < -0.39 is 5.91 Å². The van der Waals surface area contributed by atoms with Crippen LogP contribution in [0.1, 0.15) is 18.4 Å². The molecule has 7 heteroatoms. The summed E-state index contributed by atoms with van der Waals surface area (Å²) in [6, 6.07) is 9.21. The summed E-state index contributed by atoms with van der Waals surface area (Å²) in [7, 11) is 0. The van der Waals surface area contributed by atoms with Crippen LogP contribution in [0.4, 0.5) is 15.9 Å². The number of rotatable bonds is 6. The first-order valence-electron chi connectivity index (χ1n) is 8.82. The van der Waals surface area contributed by atoms with Gasteiger partial charge in [-0.15, -0.1) is 0 Å². The van der Waals surface area contributed by atoms with E-state index in [4.69, 9.17) is 0 Å². The summed E-state index contributed by atoms with van der Waals surface area (Å²) < 4.78 is 12.8. The van der Waals surface area contributed by atoms with Crippen LogP contribution in [0.25, 0.3) is 0 Å². The zero-order chi connectivity index (χ0) is 19.1. The second-order valence-electron chi connectivity index (χ2n) is 6.26. The first-order valence-corrected chi connectivity index (χ1v) is 8.82. The zero-order valence-electron chi connectivity index (χ0n) is 14.8. The summed E-state index contributed by atoms with van der Waals surface area (Å²) in [5, 5.41) is 5.29. The topological polar surface area (TPSA) is 74.3 Å². The molecule has 0 saturated carbocycles. The maximum absolute atomic E-state index is 12.8. The summed E-state index contributed by atoms with van der Waals surface area (Å²) in [6.45, 7) is 2.37. The summed E-state index contributed by atoms with van der Waals surface area (Å²) >= 11 is 0. The van der Waals surface area contributed by atoms with Crippen LogP contribution in [0.2, 0.25) is 0 Å². The number of anilines is 2. The van der Waals surface area contributed by atoms with E-state index >= 15 is 0 Å². The molecule has 6 nitrogen and oxygen atoms in total. The van der Waals surface area contributed by atoms with E-state index in [1.165, 1.54) is 43.2 Å². The highest BCUT2D eigenvalue weighted by molar-refractivity contribution is 6.03. The van der Waals surface area contributed by atoms with Crippen molar-refractivity contribution in [3.8, 4) is 0 Å². The van der Waals surface area contributed by atoms with Crippen molar-refractivity contribution in [3.05, 3.63) is 66.1 Å². The number of nitrogens with zero attached hydrogens (tertiary/aromatic N) is 2. The van der Waals surface area contributed by atoms with Crippen LogP contribution in [0.3, 0.4) is 0 Å². The zero-order valence-corrected chi connectivity index (χ0v) is 14.8. The molecule has 1 aromatic heterocycles. The second kappa shape index (κ2) is 8.93. The summed E-state index contributed by atoms with van der Waals surface area (Å²) in [5.74, 6) is -0.291. The maximum atomic E-state index is 12.8. The van der Waals surface area contributed by atoms with Crippen LogP contribution in [-0.2, 0) is 16.1 Å². The molecule has 2 amide bonds. The Morgan fingerprint density at radius 2 is 1.78 bits per heavy atom. The smallest absolute Gasteiger partial charge is 0.248 e. The molecule has 0 radical (unpaired) electrons. The summed E-state index contributed by atoms with van der Waals surface area (Å²) in [6.07, 6.45) is 6.39. The number of nitrogens with one attached hydrogen (secondary N) is 2. The number of benzene rings is 1. The predicted molar refractivity (Wildman–Crippen MR) is 102 cm³/mol. The van der Waals surface area contributed by atoms with Crippen molar-refractivity contribution >= 4 is 23.3 Å². The van der Waals surface area contributed by atoms with Gasteiger partial charge in [0, 0.05) is 43.7 Å². The lowest BCUT2D eigenvalue weighted by atomic mass is 10.2. The molecule has 3 rings (SSSR count). The van der Waals surface area contributed by atoms with E-state index in [2.05, 4.69) is 20.5 Å². The first kappa shape index (κ1) is 18.6. The number of carbonyl (C=O) groups is 2. The van der Waals surface area contributed by atoms with Crippen molar-refractivity contribution in [2.45, 2.75) is 19.4 Å². The van der Waals surface area contributed by atoms with Crippen LogP contribution in [0.5, 0.6) is 0 Å². The fourth-order valence-corrected chi connectivity index (χ4v) is 2.81. The Labute approximate surface area is 157 Å². The molecule has 1 aromatic carbocycles. The Kier molecular flexibility index (Phi) is 6.14. The molecule has 1 aliphatic rings. The van der Waals surface area contributed by atoms with E-state index in [1.807, 2.05) is 12.1 Å². The predicted octanol–water partition coefficient (Wildman–Crippen LogP) is 2.63. The van der Waals surface area contributed by atoms with Crippen LogP contribution in [0, 0.1) is 5.82 Å². The molecule has 1 saturated heterocycles. The SMILES string of the molecule is O=C(C=CC(=O)Nc1ccc(F)cc1)NCc1ccnc(N2CCCC2)c1. The van der Waals surface area contributed by atoms with Crippen LogP contribution >= 0.6 is 0 Å². The fourth-order valence-electron chi connectivity index (χ4n) is 2.81. The molecule has 2 aromatic rings. The van der Waals surface area contributed by atoms with Crippen molar-refractivity contribution in [3.63, 3.8) is 0 Å². The highest BCUT2D eigenvalue weighted by Crippen LogP contribution is 2.18. The highest BCUT2D eigenvalue weighted by Gasteiger charge is 2.13. The Balaban J connectivity index is 1.47. The molecule has 0 unspecified atom stereocenters. The maximum Gasteiger partial charge on any atom is 0.248 e. The minimum absolute atomic E-state index is 0.353. The lowest BCUT2D eigenvalue weighted by Gasteiger charge is -2.16. The molecule has 0 bridgehead atoms. The van der Waals surface area contributed by atoms with Gasteiger partial charge in [0.2, 0.25) is 11.8 Å². The molecular formula is C20H21FN4O2. The lowest BCUT2D eigenvalue weighted by molar-refractivity contribution is -0.117. The van der Waals surface area contributed by atoms with Gasteiger partial charge in [0.15, 0.2) is 0 Å². The molecule has 0 aliphatic carbocycles. The number of halogens is 1. The molecule has 27 heavy (non-hydrogen) atoms. The Bertz CT molecular complexity index is 830. The van der Waals surface area contributed by atoms with Gasteiger partial charge in [0.1, 0.15) is 11.6 Å². The van der Waals surface area contributed by atoms with Gasteiger partial charge in [-0.05, 0) is 54.8 Å². The van der Waals surface area contributed by atoms with Gasteiger partial charge in [-0.2, -0.15) is 0 Å². The number of carbonyl (C=O) groups excluding carboxylic acids is 2. The van der Waals surface area contributed by atoms with Crippen molar-refractivity contribution in [2.24, 2.45) is 0 Å². The lowest BCUT2D eigenvalue weighted by Crippen LogP contribution is -2.22. The molecule has 1 fully saturated rings. The van der Waals surface area contributed by atoms with Crippen LogP contribution in [-0.4, -0.2) is 29.9 Å². The second-order valence-corrected chi connectivity index (χ2v) is 6.26. The minimum atomic E-state index is -0.461. The molecule has 1 aliphatic heterocycles. The molecule has 0 atom stereocenters. The first-order chi connectivity index (χ1) is 13.1. The van der Waals surface area contributed by atoms with Crippen molar-refractivity contribution in [1.82, 2.24) is 10.3 Å². The highest BCUT2D eigenvalue weighted by atomic mass is 19.1. The summed E-state index contributed by atoms with van der Waals surface area (Å²) in [5.41, 5.74) is 1.40. The Morgan fingerprint density at radius 1 is 1.07 bits per heavy atom. The number of hydrogen-bond acceptors (Lipinski definition) is 4. The third-order valence-electron chi connectivity index (χ3n) is 4.20. The van der Waals surface area contributed by atoms with Gasteiger partial charge in [0.25, 0.3) is 0 Å². The van der Waals surface area contributed by atoms with Crippen molar-refractivity contribution in [2.75, 3.05) is 23.3 Å². The molecule has 2 heterocycles. The average molecular weight is 368 g/mol. The third kappa shape index (κ3) is 5.64. The molecule has 140 valence electrons.